The Morgan fingerprint density at radius 2 is 2.31 bits per heavy atom. The standard InChI is InChI=1S/C9H13NO3/c1-9(6-2-3-13-5-6)4-7(11)10-8(9)12/h6H,2-5H2,1H3,(H,10,11,12). The predicted octanol–water partition coefficient (Wildman–Crippen LogP) is 0.0757. The van der Waals surface area contributed by atoms with Crippen molar-refractivity contribution in [2.24, 2.45) is 11.3 Å². The molecule has 0 radical (unpaired) electrons. The second-order valence-electron chi connectivity index (χ2n) is 4.03. The fourth-order valence-corrected chi connectivity index (χ4v) is 2.09. The average Bonchev–Trinajstić information content (AvgIpc) is 2.61. The highest BCUT2D eigenvalue weighted by Crippen LogP contribution is 2.39. The molecule has 13 heavy (non-hydrogen) atoms. The van der Waals surface area contributed by atoms with E-state index in [2.05, 4.69) is 5.32 Å². The summed E-state index contributed by atoms with van der Waals surface area (Å²) in [6.07, 6.45) is 1.21. The Balaban J connectivity index is 2.18. The summed E-state index contributed by atoms with van der Waals surface area (Å²) in [5.41, 5.74) is -0.520. The molecule has 2 heterocycles. The molecule has 2 unspecified atom stereocenters. The summed E-state index contributed by atoms with van der Waals surface area (Å²) in [6.45, 7) is 3.17. The van der Waals surface area contributed by atoms with Gasteiger partial charge in [0.05, 0.1) is 12.0 Å². The van der Waals surface area contributed by atoms with Gasteiger partial charge in [0.2, 0.25) is 11.8 Å². The van der Waals surface area contributed by atoms with Crippen LogP contribution < -0.4 is 5.32 Å². The molecule has 2 saturated heterocycles. The summed E-state index contributed by atoms with van der Waals surface area (Å²) in [4.78, 5) is 22.6. The van der Waals surface area contributed by atoms with Gasteiger partial charge in [0.25, 0.3) is 0 Å². The minimum Gasteiger partial charge on any atom is -0.381 e. The normalized spacial score (nSPS) is 39.6. The van der Waals surface area contributed by atoms with E-state index in [1.165, 1.54) is 0 Å². The van der Waals surface area contributed by atoms with Gasteiger partial charge < -0.3 is 4.74 Å². The molecule has 4 nitrogen and oxygen atoms in total. The molecule has 2 amide bonds. The van der Waals surface area contributed by atoms with Crippen molar-refractivity contribution < 1.29 is 14.3 Å². The highest BCUT2D eigenvalue weighted by Gasteiger charge is 2.49. The minimum atomic E-state index is -0.520. The molecular formula is C9H13NO3. The number of ether oxygens (including phenoxy) is 1. The topological polar surface area (TPSA) is 55.4 Å². The summed E-state index contributed by atoms with van der Waals surface area (Å²) < 4.78 is 5.23. The third-order valence-electron chi connectivity index (χ3n) is 3.13. The molecule has 2 aliphatic rings. The second kappa shape index (κ2) is 2.80. The average molecular weight is 183 g/mol. The number of carbonyl (C=O) groups is 2. The van der Waals surface area contributed by atoms with Gasteiger partial charge in [-0.05, 0) is 19.3 Å². The van der Waals surface area contributed by atoms with Crippen molar-refractivity contribution in [3.05, 3.63) is 0 Å². The number of carbonyl (C=O) groups excluding carboxylic acids is 2. The molecule has 0 saturated carbocycles. The van der Waals surface area contributed by atoms with Gasteiger partial charge >= 0.3 is 0 Å². The first-order chi connectivity index (χ1) is 6.13. The van der Waals surface area contributed by atoms with Gasteiger partial charge in [-0.2, -0.15) is 0 Å². The zero-order valence-electron chi connectivity index (χ0n) is 7.63. The Morgan fingerprint density at radius 3 is 2.77 bits per heavy atom. The lowest BCUT2D eigenvalue weighted by Gasteiger charge is -2.25. The predicted molar refractivity (Wildman–Crippen MR) is 44.8 cm³/mol. The van der Waals surface area contributed by atoms with Crippen LogP contribution in [0.25, 0.3) is 0 Å². The van der Waals surface area contributed by atoms with Crippen LogP contribution in [0, 0.1) is 11.3 Å². The number of amides is 2. The van der Waals surface area contributed by atoms with E-state index in [1.807, 2.05) is 6.92 Å². The molecule has 0 spiro atoms. The van der Waals surface area contributed by atoms with E-state index >= 15 is 0 Å². The van der Waals surface area contributed by atoms with Crippen molar-refractivity contribution in [1.29, 1.82) is 0 Å². The van der Waals surface area contributed by atoms with Crippen molar-refractivity contribution in [3.63, 3.8) is 0 Å². The molecule has 0 aromatic heterocycles. The van der Waals surface area contributed by atoms with E-state index in [9.17, 15) is 9.59 Å². The third kappa shape index (κ3) is 1.25. The van der Waals surface area contributed by atoms with Crippen molar-refractivity contribution >= 4 is 11.8 Å². The van der Waals surface area contributed by atoms with Crippen LogP contribution in [0.15, 0.2) is 0 Å². The molecular weight excluding hydrogens is 170 g/mol. The van der Waals surface area contributed by atoms with E-state index in [1.54, 1.807) is 0 Å². The summed E-state index contributed by atoms with van der Waals surface area (Å²) >= 11 is 0. The van der Waals surface area contributed by atoms with E-state index < -0.39 is 5.41 Å². The molecule has 2 aliphatic heterocycles. The monoisotopic (exact) mass is 183 g/mol. The van der Waals surface area contributed by atoms with Crippen molar-refractivity contribution in [2.75, 3.05) is 13.2 Å². The van der Waals surface area contributed by atoms with Crippen LogP contribution in [0.2, 0.25) is 0 Å². The smallest absolute Gasteiger partial charge is 0.233 e. The lowest BCUT2D eigenvalue weighted by Crippen LogP contribution is -2.35. The Kier molecular flexibility index (Phi) is 1.87. The zero-order valence-corrected chi connectivity index (χ0v) is 7.63. The molecule has 72 valence electrons. The summed E-state index contributed by atoms with van der Waals surface area (Å²) in [7, 11) is 0. The fourth-order valence-electron chi connectivity index (χ4n) is 2.09. The highest BCUT2D eigenvalue weighted by atomic mass is 16.5. The Morgan fingerprint density at radius 1 is 1.54 bits per heavy atom. The maximum Gasteiger partial charge on any atom is 0.233 e. The lowest BCUT2D eigenvalue weighted by molar-refractivity contribution is -0.130. The SMILES string of the molecule is CC1(C2CCOC2)CC(=O)NC1=O. The van der Waals surface area contributed by atoms with Gasteiger partial charge in [-0.25, -0.2) is 0 Å². The molecule has 0 aromatic carbocycles. The van der Waals surface area contributed by atoms with Crippen molar-refractivity contribution in [2.45, 2.75) is 19.8 Å². The first kappa shape index (κ1) is 8.69. The molecule has 2 atom stereocenters. The first-order valence-electron chi connectivity index (χ1n) is 4.55. The van der Waals surface area contributed by atoms with Crippen LogP contribution in [-0.4, -0.2) is 25.0 Å². The molecule has 2 fully saturated rings. The van der Waals surface area contributed by atoms with E-state index in [4.69, 9.17) is 4.74 Å². The van der Waals surface area contributed by atoms with Crippen LogP contribution in [0.1, 0.15) is 19.8 Å². The molecule has 0 bridgehead atoms. The number of nitrogens with one attached hydrogen (secondary N) is 1. The van der Waals surface area contributed by atoms with Gasteiger partial charge in [0.1, 0.15) is 0 Å². The largest absolute Gasteiger partial charge is 0.381 e. The van der Waals surface area contributed by atoms with Crippen LogP contribution >= 0.6 is 0 Å². The Bertz CT molecular complexity index is 258. The van der Waals surface area contributed by atoms with Crippen LogP contribution in [0.3, 0.4) is 0 Å². The number of rotatable bonds is 1. The van der Waals surface area contributed by atoms with Gasteiger partial charge in [-0.1, -0.05) is 0 Å². The number of hydrogen-bond acceptors (Lipinski definition) is 3. The number of imide groups is 1. The quantitative estimate of drug-likeness (QED) is 0.585. The Labute approximate surface area is 76.6 Å². The molecule has 0 aliphatic carbocycles. The molecule has 0 aromatic rings. The second-order valence-corrected chi connectivity index (χ2v) is 4.03. The number of hydrogen-bond donors (Lipinski definition) is 1. The molecule has 1 N–H and O–H groups in total. The summed E-state index contributed by atoms with van der Waals surface area (Å²) in [6, 6.07) is 0. The maximum absolute atomic E-state index is 11.5. The van der Waals surface area contributed by atoms with Crippen LogP contribution in [0.4, 0.5) is 0 Å². The van der Waals surface area contributed by atoms with Gasteiger partial charge in [-0.3, -0.25) is 14.9 Å². The first-order valence-corrected chi connectivity index (χ1v) is 4.55. The van der Waals surface area contributed by atoms with E-state index in [0.29, 0.717) is 19.6 Å². The maximum atomic E-state index is 11.5. The van der Waals surface area contributed by atoms with Crippen molar-refractivity contribution in [1.82, 2.24) is 5.32 Å². The summed E-state index contributed by atoms with van der Waals surface area (Å²) in [5, 5.41) is 2.35. The third-order valence-corrected chi connectivity index (χ3v) is 3.13. The zero-order chi connectivity index (χ0) is 9.47. The van der Waals surface area contributed by atoms with Crippen molar-refractivity contribution in [3.8, 4) is 0 Å². The Hall–Kier alpha value is -0.900. The lowest BCUT2D eigenvalue weighted by atomic mass is 9.75. The summed E-state index contributed by atoms with van der Waals surface area (Å²) in [5.74, 6) is -0.0775. The highest BCUT2D eigenvalue weighted by molar-refractivity contribution is 6.05. The molecule has 2 rings (SSSR count). The molecule has 4 heteroatoms. The van der Waals surface area contributed by atoms with Gasteiger partial charge in [-0.15, -0.1) is 0 Å². The van der Waals surface area contributed by atoms with Crippen LogP contribution in [-0.2, 0) is 14.3 Å². The fraction of sp³-hybridized carbons (Fsp3) is 0.778. The van der Waals surface area contributed by atoms with Crippen LogP contribution in [0.5, 0.6) is 0 Å². The van der Waals surface area contributed by atoms with E-state index in [-0.39, 0.29) is 17.7 Å². The van der Waals surface area contributed by atoms with Gasteiger partial charge in [0, 0.05) is 13.0 Å². The van der Waals surface area contributed by atoms with Gasteiger partial charge in [0.15, 0.2) is 0 Å². The van der Waals surface area contributed by atoms with E-state index in [0.717, 1.165) is 6.42 Å². The minimum absolute atomic E-state index is 0.131.